The summed E-state index contributed by atoms with van der Waals surface area (Å²) in [6.07, 6.45) is 4.55. The molecular formula is C21H21ClN4O3. The van der Waals surface area contributed by atoms with Gasteiger partial charge >= 0.3 is 0 Å². The van der Waals surface area contributed by atoms with Crippen molar-refractivity contribution < 1.29 is 14.0 Å². The SMILES string of the molecule is NC1CCC(C(=O)Nc2c(C(=O)Nc3ccc(Cl)cn3)oc3ccccc23)CC1. The molecule has 1 aromatic carbocycles. The van der Waals surface area contributed by atoms with E-state index in [9.17, 15) is 9.59 Å². The molecule has 29 heavy (non-hydrogen) atoms. The van der Waals surface area contributed by atoms with Gasteiger partial charge in [0.2, 0.25) is 11.7 Å². The van der Waals surface area contributed by atoms with Crippen LogP contribution in [-0.2, 0) is 4.79 Å². The number of carbonyl (C=O) groups is 2. The highest BCUT2D eigenvalue weighted by Gasteiger charge is 2.28. The van der Waals surface area contributed by atoms with Crippen LogP contribution in [0.1, 0.15) is 36.2 Å². The third-order valence-corrected chi connectivity index (χ3v) is 5.39. The van der Waals surface area contributed by atoms with E-state index in [1.807, 2.05) is 18.2 Å². The Balaban J connectivity index is 1.61. The Morgan fingerprint density at radius 2 is 1.83 bits per heavy atom. The first-order valence-corrected chi connectivity index (χ1v) is 9.90. The number of anilines is 2. The normalized spacial score (nSPS) is 19.1. The molecule has 0 aliphatic heterocycles. The van der Waals surface area contributed by atoms with Gasteiger partial charge in [-0.25, -0.2) is 4.98 Å². The third-order valence-electron chi connectivity index (χ3n) is 5.16. The summed E-state index contributed by atoms with van der Waals surface area (Å²) in [7, 11) is 0. The number of pyridine rings is 1. The molecular weight excluding hydrogens is 392 g/mol. The topological polar surface area (TPSA) is 110 Å². The van der Waals surface area contributed by atoms with Gasteiger partial charge in [-0.05, 0) is 49.9 Å². The van der Waals surface area contributed by atoms with Crippen LogP contribution in [0.2, 0.25) is 5.02 Å². The Kier molecular flexibility index (Phi) is 5.51. The van der Waals surface area contributed by atoms with Gasteiger partial charge in [-0.2, -0.15) is 0 Å². The zero-order valence-electron chi connectivity index (χ0n) is 15.7. The molecule has 4 N–H and O–H groups in total. The van der Waals surface area contributed by atoms with E-state index in [0.29, 0.717) is 27.5 Å². The van der Waals surface area contributed by atoms with Crippen LogP contribution in [-0.4, -0.2) is 22.8 Å². The van der Waals surface area contributed by atoms with Crippen molar-refractivity contribution in [3.05, 3.63) is 53.4 Å². The number of rotatable bonds is 4. The number of nitrogens with zero attached hydrogens (tertiary/aromatic N) is 1. The number of nitrogens with two attached hydrogens (primary N) is 1. The van der Waals surface area contributed by atoms with Crippen molar-refractivity contribution in [3.63, 3.8) is 0 Å². The van der Waals surface area contributed by atoms with Gasteiger partial charge in [-0.15, -0.1) is 0 Å². The first kappa shape index (κ1) is 19.4. The molecule has 1 fully saturated rings. The van der Waals surface area contributed by atoms with E-state index in [1.165, 1.54) is 6.20 Å². The molecule has 4 rings (SSSR count). The van der Waals surface area contributed by atoms with Crippen LogP contribution in [0.4, 0.5) is 11.5 Å². The number of amides is 2. The summed E-state index contributed by atoms with van der Waals surface area (Å²) in [6.45, 7) is 0. The highest BCUT2D eigenvalue weighted by molar-refractivity contribution is 6.30. The molecule has 0 radical (unpaired) electrons. The highest BCUT2D eigenvalue weighted by atomic mass is 35.5. The molecule has 0 bridgehead atoms. The second-order valence-electron chi connectivity index (χ2n) is 7.22. The summed E-state index contributed by atoms with van der Waals surface area (Å²) in [5, 5.41) is 6.73. The Bertz CT molecular complexity index is 1040. The van der Waals surface area contributed by atoms with E-state index in [2.05, 4.69) is 15.6 Å². The fourth-order valence-electron chi connectivity index (χ4n) is 3.56. The van der Waals surface area contributed by atoms with E-state index in [0.717, 1.165) is 25.7 Å². The monoisotopic (exact) mass is 412 g/mol. The Hall–Kier alpha value is -2.90. The zero-order chi connectivity index (χ0) is 20.4. The van der Waals surface area contributed by atoms with Crippen LogP contribution < -0.4 is 16.4 Å². The molecule has 7 nitrogen and oxygen atoms in total. The summed E-state index contributed by atoms with van der Waals surface area (Å²) in [5.74, 6) is -0.390. The summed E-state index contributed by atoms with van der Waals surface area (Å²) in [4.78, 5) is 29.7. The predicted octanol–water partition coefficient (Wildman–Crippen LogP) is 4.19. The van der Waals surface area contributed by atoms with Gasteiger partial charge < -0.3 is 20.8 Å². The van der Waals surface area contributed by atoms with Crippen molar-refractivity contribution in [2.75, 3.05) is 10.6 Å². The molecule has 2 amide bonds. The minimum absolute atomic E-state index is 0.0313. The largest absolute Gasteiger partial charge is 0.449 e. The molecule has 0 saturated heterocycles. The maximum absolute atomic E-state index is 12.8. The van der Waals surface area contributed by atoms with Gasteiger partial charge in [0.15, 0.2) is 0 Å². The summed E-state index contributed by atoms with van der Waals surface area (Å²) >= 11 is 5.83. The van der Waals surface area contributed by atoms with Gasteiger partial charge in [0.1, 0.15) is 17.1 Å². The number of hydrogen-bond donors (Lipinski definition) is 3. The first-order chi connectivity index (χ1) is 14.0. The number of benzene rings is 1. The smallest absolute Gasteiger partial charge is 0.294 e. The predicted molar refractivity (Wildman–Crippen MR) is 112 cm³/mol. The lowest BCUT2D eigenvalue weighted by atomic mass is 9.86. The fraction of sp³-hybridized carbons (Fsp3) is 0.286. The number of para-hydroxylation sites is 1. The van der Waals surface area contributed by atoms with Gasteiger partial charge in [0.05, 0.1) is 5.02 Å². The number of halogens is 1. The Morgan fingerprint density at radius 3 is 2.55 bits per heavy atom. The minimum atomic E-state index is -0.503. The standard InChI is InChI=1S/C21H21ClN4O3/c22-13-7-10-17(24-11-13)25-21(28)19-18(15-3-1-2-4-16(15)29-19)26-20(27)12-5-8-14(23)9-6-12/h1-4,7,10-12,14H,5-6,8-9,23H2,(H,26,27)(H,24,25,28). The van der Waals surface area contributed by atoms with E-state index < -0.39 is 5.91 Å². The zero-order valence-corrected chi connectivity index (χ0v) is 16.4. The second-order valence-corrected chi connectivity index (χ2v) is 7.66. The Morgan fingerprint density at radius 1 is 1.07 bits per heavy atom. The molecule has 150 valence electrons. The van der Waals surface area contributed by atoms with E-state index in [-0.39, 0.29) is 23.6 Å². The molecule has 1 saturated carbocycles. The number of furan rings is 1. The number of aromatic nitrogens is 1. The Labute approximate surface area is 172 Å². The van der Waals surface area contributed by atoms with Crippen LogP contribution in [0, 0.1) is 5.92 Å². The minimum Gasteiger partial charge on any atom is -0.449 e. The van der Waals surface area contributed by atoms with Crippen LogP contribution in [0.3, 0.4) is 0 Å². The van der Waals surface area contributed by atoms with Crippen molar-refractivity contribution in [2.24, 2.45) is 11.7 Å². The van der Waals surface area contributed by atoms with Gasteiger partial charge in [0, 0.05) is 23.5 Å². The molecule has 1 aliphatic carbocycles. The average Bonchev–Trinajstić information content (AvgIpc) is 3.09. The molecule has 8 heteroatoms. The molecule has 0 unspecified atom stereocenters. The van der Waals surface area contributed by atoms with Crippen LogP contribution in [0.5, 0.6) is 0 Å². The van der Waals surface area contributed by atoms with Crippen molar-refractivity contribution in [3.8, 4) is 0 Å². The number of nitrogens with one attached hydrogen (secondary N) is 2. The lowest BCUT2D eigenvalue weighted by Crippen LogP contribution is -2.32. The van der Waals surface area contributed by atoms with Crippen LogP contribution >= 0.6 is 11.6 Å². The van der Waals surface area contributed by atoms with E-state index in [4.69, 9.17) is 21.8 Å². The molecule has 2 aromatic heterocycles. The lowest BCUT2D eigenvalue weighted by Gasteiger charge is -2.25. The molecule has 2 heterocycles. The average molecular weight is 413 g/mol. The number of hydrogen-bond acceptors (Lipinski definition) is 5. The van der Waals surface area contributed by atoms with Crippen molar-refractivity contribution in [1.29, 1.82) is 0 Å². The van der Waals surface area contributed by atoms with Gasteiger partial charge in [-0.1, -0.05) is 23.7 Å². The van der Waals surface area contributed by atoms with Crippen molar-refractivity contribution in [1.82, 2.24) is 4.98 Å². The first-order valence-electron chi connectivity index (χ1n) is 9.52. The van der Waals surface area contributed by atoms with E-state index in [1.54, 1.807) is 18.2 Å². The molecule has 0 atom stereocenters. The number of fused-ring (bicyclic) bond motifs is 1. The molecule has 0 spiro atoms. The maximum atomic E-state index is 12.8. The quantitative estimate of drug-likeness (QED) is 0.595. The maximum Gasteiger partial charge on any atom is 0.294 e. The molecule has 1 aliphatic rings. The fourth-order valence-corrected chi connectivity index (χ4v) is 3.67. The van der Waals surface area contributed by atoms with Crippen molar-refractivity contribution in [2.45, 2.75) is 31.7 Å². The summed E-state index contributed by atoms with van der Waals surface area (Å²) < 4.78 is 5.76. The van der Waals surface area contributed by atoms with Gasteiger partial charge in [0.25, 0.3) is 5.91 Å². The molecule has 3 aromatic rings. The van der Waals surface area contributed by atoms with Crippen molar-refractivity contribution >= 4 is 45.9 Å². The number of carbonyl (C=O) groups excluding carboxylic acids is 2. The highest BCUT2D eigenvalue weighted by Crippen LogP contribution is 2.33. The van der Waals surface area contributed by atoms with Crippen LogP contribution in [0.15, 0.2) is 47.0 Å². The summed E-state index contributed by atoms with van der Waals surface area (Å²) in [6, 6.07) is 10.6. The summed E-state index contributed by atoms with van der Waals surface area (Å²) in [5.41, 5.74) is 6.82. The third kappa shape index (κ3) is 4.26. The van der Waals surface area contributed by atoms with Crippen LogP contribution in [0.25, 0.3) is 11.0 Å². The van der Waals surface area contributed by atoms with E-state index >= 15 is 0 Å². The lowest BCUT2D eigenvalue weighted by molar-refractivity contribution is -0.120. The van der Waals surface area contributed by atoms with Gasteiger partial charge in [-0.3, -0.25) is 9.59 Å². The second kappa shape index (κ2) is 8.23.